The lowest BCUT2D eigenvalue weighted by Crippen LogP contribution is -2.22. The average molecular weight is 372 g/mol. The van der Waals surface area contributed by atoms with Crippen LogP contribution in [0.15, 0.2) is 47.3 Å². The number of benzene rings is 2. The highest BCUT2D eigenvalue weighted by Gasteiger charge is 2.11. The van der Waals surface area contributed by atoms with E-state index in [9.17, 15) is 9.59 Å². The first kappa shape index (κ1) is 18.1. The number of halogens is 1. The summed E-state index contributed by atoms with van der Waals surface area (Å²) in [7, 11) is 3.23. The molecule has 0 amide bonds. The van der Waals surface area contributed by atoms with Gasteiger partial charge in [0.2, 0.25) is 0 Å². The molecule has 0 saturated carbocycles. The van der Waals surface area contributed by atoms with Crippen LogP contribution in [0.3, 0.4) is 0 Å². The summed E-state index contributed by atoms with van der Waals surface area (Å²) >= 11 is 6.19. The number of H-pyrrole nitrogens is 1. The first-order chi connectivity index (χ1) is 12.5. The Morgan fingerprint density at radius 3 is 2.73 bits per heavy atom. The van der Waals surface area contributed by atoms with Gasteiger partial charge in [-0.1, -0.05) is 29.8 Å². The molecule has 1 N–H and O–H groups in total. The van der Waals surface area contributed by atoms with Crippen LogP contribution >= 0.6 is 11.6 Å². The highest BCUT2D eigenvalue weighted by molar-refractivity contribution is 6.31. The van der Waals surface area contributed by atoms with Crippen molar-refractivity contribution in [3.63, 3.8) is 0 Å². The van der Waals surface area contributed by atoms with Gasteiger partial charge in [-0.3, -0.25) is 9.69 Å². The van der Waals surface area contributed by atoms with Crippen molar-refractivity contribution >= 4 is 28.5 Å². The van der Waals surface area contributed by atoms with E-state index in [0.717, 1.165) is 5.56 Å². The molecular formula is C19H18ClN3O3. The van der Waals surface area contributed by atoms with E-state index in [1.807, 2.05) is 36.2 Å². The number of nitrogens with zero attached hydrogens (tertiary/aromatic N) is 2. The predicted octanol–water partition coefficient (Wildman–Crippen LogP) is 3.00. The van der Waals surface area contributed by atoms with E-state index in [2.05, 4.69) is 9.97 Å². The molecule has 3 aromatic rings. The monoisotopic (exact) mass is 371 g/mol. The van der Waals surface area contributed by atoms with Crippen molar-refractivity contribution in [2.24, 2.45) is 0 Å². The van der Waals surface area contributed by atoms with Crippen LogP contribution in [0.5, 0.6) is 0 Å². The Morgan fingerprint density at radius 2 is 2.00 bits per heavy atom. The van der Waals surface area contributed by atoms with Gasteiger partial charge in [0, 0.05) is 11.6 Å². The third-order valence-electron chi connectivity index (χ3n) is 3.99. The molecule has 26 heavy (non-hydrogen) atoms. The molecule has 7 heteroatoms. The Hall–Kier alpha value is -2.70. The van der Waals surface area contributed by atoms with Gasteiger partial charge in [-0.05, 0) is 36.9 Å². The Kier molecular flexibility index (Phi) is 5.35. The van der Waals surface area contributed by atoms with Crippen molar-refractivity contribution in [2.45, 2.75) is 13.1 Å². The van der Waals surface area contributed by atoms with Crippen molar-refractivity contribution < 1.29 is 9.53 Å². The lowest BCUT2D eigenvalue weighted by Gasteiger charge is -2.17. The van der Waals surface area contributed by atoms with E-state index in [-0.39, 0.29) is 5.56 Å². The largest absolute Gasteiger partial charge is 0.465 e. The van der Waals surface area contributed by atoms with Gasteiger partial charge in [0.25, 0.3) is 5.56 Å². The molecule has 1 aromatic heterocycles. The van der Waals surface area contributed by atoms with Crippen LogP contribution < -0.4 is 5.56 Å². The molecule has 0 radical (unpaired) electrons. The summed E-state index contributed by atoms with van der Waals surface area (Å²) in [5, 5.41) is 1.12. The topological polar surface area (TPSA) is 75.3 Å². The molecule has 2 aromatic carbocycles. The van der Waals surface area contributed by atoms with Crippen LogP contribution in [0.25, 0.3) is 10.9 Å². The maximum atomic E-state index is 12.3. The second-order valence-corrected chi connectivity index (χ2v) is 6.41. The second kappa shape index (κ2) is 7.68. The summed E-state index contributed by atoms with van der Waals surface area (Å²) in [5.74, 6) is 0.0467. The number of methoxy groups -OCH3 is 1. The molecule has 0 fully saturated rings. The molecule has 134 valence electrons. The van der Waals surface area contributed by atoms with E-state index in [0.29, 0.717) is 40.4 Å². The van der Waals surface area contributed by atoms with Crippen LogP contribution in [-0.4, -0.2) is 35.0 Å². The summed E-state index contributed by atoms with van der Waals surface area (Å²) in [4.78, 5) is 33.2. The molecule has 6 nitrogen and oxygen atoms in total. The molecule has 0 aliphatic carbocycles. The molecule has 0 aliphatic heterocycles. The van der Waals surface area contributed by atoms with Crippen LogP contribution in [-0.2, 0) is 17.8 Å². The Bertz CT molecular complexity index is 1020. The fraction of sp³-hybridized carbons (Fsp3) is 0.211. The number of aromatic amines is 1. The molecule has 0 atom stereocenters. The second-order valence-electron chi connectivity index (χ2n) is 6.00. The third-order valence-corrected chi connectivity index (χ3v) is 4.36. The highest BCUT2D eigenvalue weighted by Crippen LogP contribution is 2.17. The van der Waals surface area contributed by atoms with Crippen molar-refractivity contribution in [3.05, 3.63) is 74.8 Å². The Balaban J connectivity index is 1.86. The van der Waals surface area contributed by atoms with Gasteiger partial charge in [-0.2, -0.15) is 0 Å². The number of nitrogens with one attached hydrogen (secondary N) is 1. The minimum atomic E-state index is -0.466. The first-order valence-electron chi connectivity index (χ1n) is 8.01. The quantitative estimate of drug-likeness (QED) is 0.698. The zero-order valence-electron chi connectivity index (χ0n) is 14.5. The van der Waals surface area contributed by atoms with Crippen molar-refractivity contribution in [3.8, 4) is 0 Å². The minimum Gasteiger partial charge on any atom is -0.465 e. The number of fused-ring (bicyclic) bond motifs is 1. The summed E-state index contributed by atoms with van der Waals surface area (Å²) < 4.78 is 4.71. The first-order valence-corrected chi connectivity index (χ1v) is 8.39. The summed E-state index contributed by atoms with van der Waals surface area (Å²) in [6, 6.07) is 12.3. The lowest BCUT2D eigenvalue weighted by atomic mass is 10.1. The zero-order chi connectivity index (χ0) is 18.7. The highest BCUT2D eigenvalue weighted by atomic mass is 35.5. The minimum absolute atomic E-state index is 0.243. The fourth-order valence-electron chi connectivity index (χ4n) is 2.74. The number of ether oxygens (including phenoxy) is 1. The molecular weight excluding hydrogens is 354 g/mol. The van der Waals surface area contributed by atoms with Crippen molar-refractivity contribution in [1.82, 2.24) is 14.9 Å². The normalized spacial score (nSPS) is 11.1. The van der Waals surface area contributed by atoms with Crippen LogP contribution in [0.4, 0.5) is 0 Å². The molecule has 3 rings (SSSR count). The van der Waals surface area contributed by atoms with Crippen LogP contribution in [0.1, 0.15) is 21.7 Å². The number of aromatic nitrogens is 2. The molecule has 0 saturated heterocycles. The predicted molar refractivity (Wildman–Crippen MR) is 100 cm³/mol. The molecule has 0 aliphatic rings. The summed E-state index contributed by atoms with van der Waals surface area (Å²) in [6.45, 7) is 1.04. The smallest absolute Gasteiger partial charge is 0.337 e. The van der Waals surface area contributed by atoms with E-state index in [1.54, 1.807) is 18.2 Å². The van der Waals surface area contributed by atoms with E-state index >= 15 is 0 Å². The molecule has 0 unspecified atom stereocenters. The van der Waals surface area contributed by atoms with Crippen LogP contribution in [0.2, 0.25) is 5.02 Å². The lowest BCUT2D eigenvalue weighted by molar-refractivity contribution is 0.0601. The SMILES string of the molecule is COC(=O)c1ccc2c(=O)[nH]c(CN(C)Cc3ccccc3Cl)nc2c1. The van der Waals surface area contributed by atoms with Gasteiger partial charge in [0.05, 0.1) is 30.1 Å². The molecule has 1 heterocycles. The molecule has 0 spiro atoms. The fourth-order valence-corrected chi connectivity index (χ4v) is 2.93. The average Bonchev–Trinajstić information content (AvgIpc) is 2.62. The summed E-state index contributed by atoms with van der Waals surface area (Å²) in [6.07, 6.45) is 0. The van der Waals surface area contributed by atoms with Gasteiger partial charge in [-0.15, -0.1) is 0 Å². The van der Waals surface area contributed by atoms with Gasteiger partial charge < -0.3 is 9.72 Å². The zero-order valence-corrected chi connectivity index (χ0v) is 15.2. The van der Waals surface area contributed by atoms with Gasteiger partial charge in [0.15, 0.2) is 0 Å². The Labute approximate surface area is 155 Å². The van der Waals surface area contributed by atoms with Gasteiger partial charge >= 0.3 is 5.97 Å². The van der Waals surface area contributed by atoms with Crippen LogP contribution in [0, 0.1) is 0 Å². The number of esters is 1. The standard InChI is InChI=1S/C19H18ClN3O3/c1-23(10-13-5-3-4-6-15(13)20)11-17-21-16-9-12(19(25)26-2)7-8-14(16)18(24)22-17/h3-9H,10-11H2,1-2H3,(H,21,22,24). The van der Waals surface area contributed by atoms with Crippen molar-refractivity contribution in [2.75, 3.05) is 14.2 Å². The molecule has 0 bridgehead atoms. The number of hydrogen-bond donors (Lipinski definition) is 1. The summed E-state index contributed by atoms with van der Waals surface area (Å²) in [5.41, 5.74) is 1.56. The van der Waals surface area contributed by atoms with E-state index in [4.69, 9.17) is 16.3 Å². The van der Waals surface area contributed by atoms with E-state index in [1.165, 1.54) is 7.11 Å². The number of hydrogen-bond acceptors (Lipinski definition) is 5. The maximum Gasteiger partial charge on any atom is 0.337 e. The number of carbonyl (C=O) groups is 1. The Morgan fingerprint density at radius 1 is 1.23 bits per heavy atom. The third kappa shape index (κ3) is 3.92. The maximum absolute atomic E-state index is 12.3. The van der Waals surface area contributed by atoms with Crippen molar-refractivity contribution in [1.29, 1.82) is 0 Å². The number of carbonyl (C=O) groups excluding carboxylic acids is 1. The number of rotatable bonds is 5. The van der Waals surface area contributed by atoms with Gasteiger partial charge in [0.1, 0.15) is 5.82 Å². The van der Waals surface area contributed by atoms with Gasteiger partial charge in [-0.25, -0.2) is 9.78 Å². The van der Waals surface area contributed by atoms with E-state index < -0.39 is 5.97 Å².